The second-order valence-electron chi connectivity index (χ2n) is 3.92. The van der Waals surface area contributed by atoms with E-state index in [2.05, 4.69) is 47.6 Å². The van der Waals surface area contributed by atoms with Crippen LogP contribution >= 0.6 is 0 Å². The minimum absolute atomic E-state index is 0.889. The molecule has 0 saturated heterocycles. The summed E-state index contributed by atoms with van der Waals surface area (Å²) in [5, 5.41) is 10.3. The summed E-state index contributed by atoms with van der Waals surface area (Å²) in [6.07, 6.45) is 1.88. The maximum atomic E-state index is 4.13. The molecule has 0 radical (unpaired) electrons. The van der Waals surface area contributed by atoms with Crippen molar-refractivity contribution in [2.45, 2.75) is 20.8 Å². The van der Waals surface area contributed by atoms with Crippen molar-refractivity contribution in [1.82, 2.24) is 10.2 Å². The van der Waals surface area contributed by atoms with Gasteiger partial charge in [-0.1, -0.05) is 6.07 Å². The fourth-order valence-corrected chi connectivity index (χ4v) is 1.66. The highest BCUT2D eigenvalue weighted by Crippen LogP contribution is 2.19. The first-order valence-electron chi connectivity index (χ1n) is 5.01. The predicted octanol–water partition coefficient (Wildman–Crippen LogP) is 3.08. The summed E-state index contributed by atoms with van der Waals surface area (Å²) < 4.78 is 0. The fraction of sp³-hybridized carbons (Fsp3) is 0.250. The first-order chi connectivity index (χ1) is 7.15. The van der Waals surface area contributed by atoms with Gasteiger partial charge >= 0.3 is 0 Å². The Labute approximate surface area is 89.5 Å². The summed E-state index contributed by atoms with van der Waals surface area (Å²) in [6.45, 7) is 6.21. The molecule has 0 bridgehead atoms. The third-order valence-corrected chi connectivity index (χ3v) is 2.32. The number of aryl methyl sites for hydroxylation is 3. The number of hydrogen-bond acceptors (Lipinski definition) is 2. The standard InChI is InChI=1S/C12H15N3/c1-8-4-9(2)6-11(5-8)14-12-10(3)7-13-15-12/h4-7H,1-3H3,(H2,13,14,15). The number of H-pyrrole nitrogens is 1. The Bertz CT molecular complexity index is 451. The van der Waals surface area contributed by atoms with Gasteiger partial charge in [0.15, 0.2) is 5.82 Å². The highest BCUT2D eigenvalue weighted by molar-refractivity contribution is 5.60. The van der Waals surface area contributed by atoms with Crippen molar-refractivity contribution in [2.24, 2.45) is 0 Å². The molecule has 2 N–H and O–H groups in total. The first kappa shape index (κ1) is 9.77. The lowest BCUT2D eigenvalue weighted by atomic mass is 10.1. The van der Waals surface area contributed by atoms with Crippen molar-refractivity contribution in [3.8, 4) is 0 Å². The predicted molar refractivity (Wildman–Crippen MR) is 62.5 cm³/mol. The summed E-state index contributed by atoms with van der Waals surface area (Å²) >= 11 is 0. The molecular formula is C12H15N3. The quantitative estimate of drug-likeness (QED) is 0.784. The van der Waals surface area contributed by atoms with Crippen LogP contribution in [0.15, 0.2) is 24.4 Å². The van der Waals surface area contributed by atoms with Crippen molar-refractivity contribution >= 4 is 11.5 Å². The molecule has 0 unspecified atom stereocenters. The van der Waals surface area contributed by atoms with E-state index in [1.54, 1.807) is 0 Å². The largest absolute Gasteiger partial charge is 0.339 e. The summed E-state index contributed by atoms with van der Waals surface area (Å²) in [7, 11) is 0. The summed E-state index contributed by atoms with van der Waals surface area (Å²) in [6, 6.07) is 6.38. The van der Waals surface area contributed by atoms with Gasteiger partial charge in [0.2, 0.25) is 0 Å². The molecule has 0 fully saturated rings. The maximum absolute atomic E-state index is 4.13. The zero-order valence-corrected chi connectivity index (χ0v) is 9.26. The van der Waals surface area contributed by atoms with Gasteiger partial charge in [0.25, 0.3) is 0 Å². The average molecular weight is 201 g/mol. The Balaban J connectivity index is 2.28. The first-order valence-corrected chi connectivity index (χ1v) is 5.01. The van der Waals surface area contributed by atoms with Crippen molar-refractivity contribution in [3.05, 3.63) is 41.1 Å². The third kappa shape index (κ3) is 2.18. The van der Waals surface area contributed by atoms with Crippen LogP contribution < -0.4 is 5.32 Å². The number of nitrogens with one attached hydrogen (secondary N) is 2. The van der Waals surface area contributed by atoms with Crippen LogP contribution in [0.1, 0.15) is 16.7 Å². The topological polar surface area (TPSA) is 40.7 Å². The van der Waals surface area contributed by atoms with E-state index < -0.39 is 0 Å². The number of aromatic nitrogens is 2. The number of aromatic amines is 1. The third-order valence-electron chi connectivity index (χ3n) is 2.32. The normalized spacial score (nSPS) is 10.3. The summed E-state index contributed by atoms with van der Waals surface area (Å²) in [4.78, 5) is 0. The summed E-state index contributed by atoms with van der Waals surface area (Å²) in [5.74, 6) is 0.889. The molecule has 0 aliphatic carbocycles. The van der Waals surface area contributed by atoms with Gasteiger partial charge in [0.05, 0.1) is 0 Å². The van der Waals surface area contributed by atoms with Gasteiger partial charge in [0.1, 0.15) is 0 Å². The SMILES string of the molecule is Cc1cc(C)cc(Nc2n[nH]cc2C)c1. The molecule has 0 saturated carbocycles. The number of benzene rings is 1. The van der Waals surface area contributed by atoms with Crippen LogP contribution in [-0.4, -0.2) is 10.2 Å². The molecule has 0 aliphatic heterocycles. The minimum Gasteiger partial charge on any atom is -0.339 e. The number of rotatable bonds is 2. The van der Waals surface area contributed by atoms with E-state index in [9.17, 15) is 0 Å². The van der Waals surface area contributed by atoms with E-state index in [0.29, 0.717) is 0 Å². The molecule has 1 aromatic heterocycles. The van der Waals surface area contributed by atoms with E-state index in [4.69, 9.17) is 0 Å². The molecular weight excluding hydrogens is 186 g/mol. The van der Waals surface area contributed by atoms with Gasteiger partial charge in [-0.15, -0.1) is 0 Å². The zero-order valence-electron chi connectivity index (χ0n) is 9.26. The fourth-order valence-electron chi connectivity index (χ4n) is 1.66. The number of nitrogens with zero attached hydrogens (tertiary/aromatic N) is 1. The smallest absolute Gasteiger partial charge is 0.155 e. The van der Waals surface area contributed by atoms with Gasteiger partial charge in [-0.3, -0.25) is 5.10 Å². The lowest BCUT2D eigenvalue weighted by Crippen LogP contribution is -1.93. The molecule has 0 amide bonds. The molecule has 15 heavy (non-hydrogen) atoms. The Morgan fingerprint density at radius 1 is 1.07 bits per heavy atom. The van der Waals surface area contributed by atoms with Gasteiger partial charge in [-0.2, -0.15) is 5.10 Å². The van der Waals surface area contributed by atoms with Crippen LogP contribution in [0, 0.1) is 20.8 Å². The monoisotopic (exact) mass is 201 g/mol. The van der Waals surface area contributed by atoms with Crippen molar-refractivity contribution < 1.29 is 0 Å². The minimum atomic E-state index is 0.889. The molecule has 2 aromatic rings. The van der Waals surface area contributed by atoms with Crippen LogP contribution in [0.5, 0.6) is 0 Å². The Morgan fingerprint density at radius 3 is 2.27 bits per heavy atom. The Morgan fingerprint density at radius 2 is 1.73 bits per heavy atom. The second-order valence-corrected chi connectivity index (χ2v) is 3.92. The highest BCUT2D eigenvalue weighted by atomic mass is 15.2. The molecule has 2 rings (SSSR count). The molecule has 3 heteroatoms. The van der Waals surface area contributed by atoms with Crippen molar-refractivity contribution in [3.63, 3.8) is 0 Å². The molecule has 1 heterocycles. The van der Waals surface area contributed by atoms with E-state index >= 15 is 0 Å². The lowest BCUT2D eigenvalue weighted by molar-refractivity contribution is 1.09. The van der Waals surface area contributed by atoms with Crippen molar-refractivity contribution in [2.75, 3.05) is 5.32 Å². The van der Waals surface area contributed by atoms with Crippen LogP contribution in [0.25, 0.3) is 0 Å². The van der Waals surface area contributed by atoms with Gasteiger partial charge in [0, 0.05) is 17.4 Å². The molecule has 1 aromatic carbocycles. The zero-order chi connectivity index (χ0) is 10.8. The summed E-state index contributed by atoms with van der Waals surface area (Å²) in [5.41, 5.74) is 4.72. The van der Waals surface area contributed by atoms with Crippen molar-refractivity contribution in [1.29, 1.82) is 0 Å². The molecule has 0 aliphatic rings. The van der Waals surface area contributed by atoms with E-state index in [0.717, 1.165) is 17.1 Å². The van der Waals surface area contributed by atoms with Gasteiger partial charge < -0.3 is 5.32 Å². The molecule has 3 nitrogen and oxygen atoms in total. The van der Waals surface area contributed by atoms with E-state index in [1.165, 1.54) is 11.1 Å². The van der Waals surface area contributed by atoms with E-state index in [-0.39, 0.29) is 0 Å². The Hall–Kier alpha value is -1.77. The molecule has 0 spiro atoms. The Kier molecular flexibility index (Phi) is 2.46. The van der Waals surface area contributed by atoms with Crippen LogP contribution in [0.2, 0.25) is 0 Å². The van der Waals surface area contributed by atoms with Gasteiger partial charge in [-0.05, 0) is 44.0 Å². The lowest BCUT2D eigenvalue weighted by Gasteiger charge is -2.06. The van der Waals surface area contributed by atoms with E-state index in [1.807, 2.05) is 13.1 Å². The van der Waals surface area contributed by atoms with Crippen LogP contribution in [0.4, 0.5) is 11.5 Å². The highest BCUT2D eigenvalue weighted by Gasteiger charge is 2.01. The molecule has 0 atom stereocenters. The maximum Gasteiger partial charge on any atom is 0.155 e. The average Bonchev–Trinajstić information content (AvgIpc) is 2.50. The second kappa shape index (κ2) is 3.77. The number of anilines is 2. The van der Waals surface area contributed by atoms with Crippen LogP contribution in [0.3, 0.4) is 0 Å². The number of hydrogen-bond donors (Lipinski definition) is 2. The van der Waals surface area contributed by atoms with Gasteiger partial charge in [-0.25, -0.2) is 0 Å². The van der Waals surface area contributed by atoms with Crippen LogP contribution in [-0.2, 0) is 0 Å². The molecule has 78 valence electrons.